The SMILES string of the molecule is C=CCC(NC(=O)CC)C(O)C(=O)OCC. The number of aliphatic hydroxyl groups excluding tert-OH is 1. The molecule has 0 spiro atoms. The Bertz CT molecular complexity index is 252. The number of nitrogens with one attached hydrogen (secondary N) is 1. The van der Waals surface area contributed by atoms with E-state index in [0.717, 1.165) is 0 Å². The molecule has 0 heterocycles. The number of amides is 1. The molecule has 1 amide bonds. The van der Waals surface area contributed by atoms with Gasteiger partial charge in [-0.25, -0.2) is 4.79 Å². The Morgan fingerprint density at radius 1 is 1.50 bits per heavy atom. The minimum atomic E-state index is -1.35. The third-order valence-electron chi connectivity index (χ3n) is 2.00. The highest BCUT2D eigenvalue weighted by Gasteiger charge is 2.27. The average molecular weight is 229 g/mol. The van der Waals surface area contributed by atoms with E-state index in [0.29, 0.717) is 12.8 Å². The average Bonchev–Trinajstić information content (AvgIpc) is 2.27. The van der Waals surface area contributed by atoms with Crippen LogP contribution in [0.4, 0.5) is 0 Å². The van der Waals surface area contributed by atoms with E-state index in [-0.39, 0.29) is 12.5 Å². The Kier molecular flexibility index (Phi) is 7.20. The first-order chi connectivity index (χ1) is 7.56. The highest BCUT2D eigenvalue weighted by Crippen LogP contribution is 2.03. The fraction of sp³-hybridized carbons (Fsp3) is 0.636. The van der Waals surface area contributed by atoms with E-state index in [1.165, 1.54) is 6.08 Å². The second-order valence-electron chi connectivity index (χ2n) is 3.25. The van der Waals surface area contributed by atoms with Crippen LogP contribution in [0.15, 0.2) is 12.7 Å². The Balaban J connectivity index is 4.44. The van der Waals surface area contributed by atoms with Gasteiger partial charge in [-0.2, -0.15) is 0 Å². The molecule has 2 N–H and O–H groups in total. The molecule has 5 heteroatoms. The standard InChI is InChI=1S/C11H19NO4/c1-4-7-8(12-9(13)5-2)10(14)11(15)16-6-3/h4,8,10,14H,1,5-7H2,2-3H3,(H,12,13). The molecule has 0 fully saturated rings. The van der Waals surface area contributed by atoms with E-state index >= 15 is 0 Å². The van der Waals surface area contributed by atoms with Crippen LogP contribution in [0, 0.1) is 0 Å². The minimum absolute atomic E-state index is 0.193. The molecule has 0 aromatic rings. The van der Waals surface area contributed by atoms with Crippen LogP contribution in [-0.2, 0) is 14.3 Å². The molecule has 0 aliphatic heterocycles. The van der Waals surface area contributed by atoms with Crippen LogP contribution in [0.1, 0.15) is 26.7 Å². The molecule has 0 radical (unpaired) electrons. The van der Waals surface area contributed by atoms with Crippen molar-refractivity contribution in [2.24, 2.45) is 0 Å². The van der Waals surface area contributed by atoms with Crippen LogP contribution in [-0.4, -0.2) is 35.7 Å². The number of carbonyl (C=O) groups is 2. The van der Waals surface area contributed by atoms with Gasteiger partial charge in [-0.1, -0.05) is 13.0 Å². The summed E-state index contributed by atoms with van der Waals surface area (Å²) in [6.45, 7) is 7.04. The van der Waals surface area contributed by atoms with Crippen molar-refractivity contribution in [1.29, 1.82) is 0 Å². The van der Waals surface area contributed by atoms with Gasteiger partial charge in [-0.05, 0) is 13.3 Å². The lowest BCUT2D eigenvalue weighted by Gasteiger charge is -2.21. The maximum Gasteiger partial charge on any atom is 0.337 e. The largest absolute Gasteiger partial charge is 0.464 e. The lowest BCUT2D eigenvalue weighted by atomic mass is 10.1. The second-order valence-corrected chi connectivity index (χ2v) is 3.25. The van der Waals surface area contributed by atoms with E-state index < -0.39 is 18.1 Å². The number of hydrogen-bond acceptors (Lipinski definition) is 4. The molecular weight excluding hydrogens is 210 g/mol. The van der Waals surface area contributed by atoms with Crippen molar-refractivity contribution in [2.75, 3.05) is 6.61 Å². The third kappa shape index (κ3) is 4.93. The topological polar surface area (TPSA) is 75.6 Å². The quantitative estimate of drug-likeness (QED) is 0.489. The molecule has 0 aliphatic rings. The Morgan fingerprint density at radius 2 is 2.12 bits per heavy atom. The van der Waals surface area contributed by atoms with Gasteiger partial charge in [0.25, 0.3) is 0 Å². The molecule has 0 saturated heterocycles. The summed E-state index contributed by atoms with van der Waals surface area (Å²) in [6, 6.07) is -0.677. The summed E-state index contributed by atoms with van der Waals surface area (Å²) in [5.74, 6) is -0.957. The molecule has 2 unspecified atom stereocenters. The number of carbonyl (C=O) groups excluding carboxylic acids is 2. The highest BCUT2D eigenvalue weighted by atomic mass is 16.5. The minimum Gasteiger partial charge on any atom is -0.464 e. The zero-order valence-electron chi connectivity index (χ0n) is 9.73. The van der Waals surface area contributed by atoms with Gasteiger partial charge in [0.2, 0.25) is 5.91 Å². The van der Waals surface area contributed by atoms with Crippen LogP contribution in [0.25, 0.3) is 0 Å². The monoisotopic (exact) mass is 229 g/mol. The highest BCUT2D eigenvalue weighted by molar-refractivity contribution is 5.79. The van der Waals surface area contributed by atoms with Crippen molar-refractivity contribution in [3.05, 3.63) is 12.7 Å². The maximum atomic E-state index is 11.3. The molecule has 5 nitrogen and oxygen atoms in total. The zero-order chi connectivity index (χ0) is 12.6. The van der Waals surface area contributed by atoms with Crippen molar-refractivity contribution in [1.82, 2.24) is 5.32 Å². The Morgan fingerprint density at radius 3 is 2.56 bits per heavy atom. The van der Waals surface area contributed by atoms with Gasteiger partial charge in [0, 0.05) is 6.42 Å². The molecule has 0 bridgehead atoms. The lowest BCUT2D eigenvalue weighted by molar-refractivity contribution is -0.154. The van der Waals surface area contributed by atoms with Gasteiger partial charge in [0.05, 0.1) is 12.6 Å². The van der Waals surface area contributed by atoms with Gasteiger partial charge in [-0.15, -0.1) is 6.58 Å². The molecular formula is C11H19NO4. The summed E-state index contributed by atoms with van der Waals surface area (Å²) in [5.41, 5.74) is 0. The lowest BCUT2D eigenvalue weighted by Crippen LogP contribution is -2.47. The molecule has 0 rings (SSSR count). The van der Waals surface area contributed by atoms with E-state index in [4.69, 9.17) is 0 Å². The fourth-order valence-corrected chi connectivity index (χ4v) is 1.15. The van der Waals surface area contributed by atoms with Gasteiger partial charge >= 0.3 is 5.97 Å². The van der Waals surface area contributed by atoms with Gasteiger partial charge in [-0.3, -0.25) is 4.79 Å². The number of esters is 1. The van der Waals surface area contributed by atoms with Crippen LogP contribution < -0.4 is 5.32 Å². The summed E-state index contributed by atoms with van der Waals surface area (Å²) < 4.78 is 4.67. The maximum absolute atomic E-state index is 11.3. The summed E-state index contributed by atoms with van der Waals surface area (Å²) >= 11 is 0. The molecule has 0 aromatic carbocycles. The molecule has 16 heavy (non-hydrogen) atoms. The summed E-state index contributed by atoms with van der Waals surface area (Å²) in [5, 5.41) is 12.2. The number of rotatable bonds is 7. The predicted molar refractivity (Wildman–Crippen MR) is 59.7 cm³/mol. The summed E-state index contributed by atoms with van der Waals surface area (Å²) in [4.78, 5) is 22.4. The summed E-state index contributed by atoms with van der Waals surface area (Å²) in [7, 11) is 0. The smallest absolute Gasteiger partial charge is 0.337 e. The molecule has 92 valence electrons. The number of hydrogen-bond donors (Lipinski definition) is 2. The third-order valence-corrected chi connectivity index (χ3v) is 2.00. The first-order valence-corrected chi connectivity index (χ1v) is 5.31. The second kappa shape index (κ2) is 7.87. The van der Waals surface area contributed by atoms with Crippen molar-refractivity contribution in [3.63, 3.8) is 0 Å². The van der Waals surface area contributed by atoms with Gasteiger partial charge in [0.1, 0.15) is 0 Å². The van der Waals surface area contributed by atoms with E-state index in [1.54, 1.807) is 13.8 Å². The Hall–Kier alpha value is -1.36. The fourth-order valence-electron chi connectivity index (χ4n) is 1.15. The predicted octanol–water partition coefficient (Wildman–Crippen LogP) is 0.381. The summed E-state index contributed by atoms with van der Waals surface area (Å²) in [6.07, 6.45) is 0.784. The van der Waals surface area contributed by atoms with Crippen LogP contribution in [0.2, 0.25) is 0 Å². The first-order valence-electron chi connectivity index (χ1n) is 5.31. The van der Waals surface area contributed by atoms with E-state index in [9.17, 15) is 14.7 Å². The molecule has 2 atom stereocenters. The normalized spacial score (nSPS) is 13.7. The van der Waals surface area contributed by atoms with Crippen LogP contribution >= 0.6 is 0 Å². The van der Waals surface area contributed by atoms with Crippen LogP contribution in [0.5, 0.6) is 0 Å². The van der Waals surface area contributed by atoms with Gasteiger partial charge < -0.3 is 15.2 Å². The van der Waals surface area contributed by atoms with E-state index in [2.05, 4.69) is 16.6 Å². The van der Waals surface area contributed by atoms with Crippen molar-refractivity contribution < 1.29 is 19.4 Å². The molecule has 0 aromatic heterocycles. The van der Waals surface area contributed by atoms with Gasteiger partial charge in [0.15, 0.2) is 6.10 Å². The van der Waals surface area contributed by atoms with Crippen molar-refractivity contribution in [2.45, 2.75) is 38.8 Å². The van der Waals surface area contributed by atoms with Crippen LogP contribution in [0.3, 0.4) is 0 Å². The first kappa shape index (κ1) is 14.6. The zero-order valence-corrected chi connectivity index (χ0v) is 9.73. The van der Waals surface area contributed by atoms with Crippen molar-refractivity contribution >= 4 is 11.9 Å². The number of ether oxygens (including phenoxy) is 1. The van der Waals surface area contributed by atoms with Crippen molar-refractivity contribution in [3.8, 4) is 0 Å². The number of aliphatic hydroxyl groups is 1. The molecule has 0 aliphatic carbocycles. The van der Waals surface area contributed by atoms with E-state index in [1.807, 2.05) is 0 Å². The Labute approximate surface area is 95.5 Å². The molecule has 0 saturated carbocycles.